The third-order valence-corrected chi connectivity index (χ3v) is 6.39. The minimum atomic E-state index is -1.11. The maximum atomic E-state index is 14.2. The Balaban J connectivity index is 2.58. The number of benzene rings is 2. The molecule has 0 spiro atoms. The molecule has 0 saturated carbocycles. The molecule has 4 N–H and O–H groups in total. The molecule has 0 aliphatic heterocycles. The zero-order valence-corrected chi connectivity index (χ0v) is 24.8. The van der Waals surface area contributed by atoms with Crippen molar-refractivity contribution in [2.24, 2.45) is 0 Å². The number of carbonyl (C=O) groups excluding carboxylic acids is 3. The molecule has 0 aliphatic carbocycles. The molecule has 220 valence electrons. The number of ether oxygens (including phenoxy) is 1. The highest BCUT2D eigenvalue weighted by atomic mass is 16.6. The molecule has 0 aliphatic rings. The van der Waals surface area contributed by atoms with Crippen molar-refractivity contribution in [3.05, 3.63) is 64.7 Å². The molecule has 2 aromatic carbocycles. The first kappa shape index (κ1) is 32.6. The van der Waals surface area contributed by atoms with Gasteiger partial charge in [-0.1, -0.05) is 49.2 Å². The molecule has 0 fully saturated rings. The molecule has 3 atom stereocenters. The molecule has 0 radical (unpaired) electrons. The fourth-order valence-electron chi connectivity index (χ4n) is 4.52. The van der Waals surface area contributed by atoms with Crippen LogP contribution in [-0.2, 0) is 20.7 Å². The number of hydrogen-bond acceptors (Lipinski definition) is 6. The second-order valence-corrected chi connectivity index (χ2v) is 11.3. The van der Waals surface area contributed by atoms with Crippen LogP contribution >= 0.6 is 0 Å². The summed E-state index contributed by atoms with van der Waals surface area (Å²) in [6.07, 6.45) is 0.942. The number of phenols is 1. The van der Waals surface area contributed by atoms with E-state index in [2.05, 4.69) is 10.6 Å². The van der Waals surface area contributed by atoms with Crippen molar-refractivity contribution in [3.63, 3.8) is 0 Å². The van der Waals surface area contributed by atoms with Crippen LogP contribution in [0.3, 0.4) is 0 Å². The highest BCUT2D eigenvalue weighted by Gasteiger charge is 2.37. The van der Waals surface area contributed by atoms with Gasteiger partial charge in [-0.05, 0) is 76.8 Å². The van der Waals surface area contributed by atoms with Gasteiger partial charge in [0, 0.05) is 19.0 Å². The topological polar surface area (TPSA) is 128 Å². The lowest BCUT2D eigenvalue weighted by molar-refractivity contribution is -0.143. The van der Waals surface area contributed by atoms with Crippen LogP contribution in [0, 0.1) is 13.8 Å². The smallest absolute Gasteiger partial charge is 0.408 e. The van der Waals surface area contributed by atoms with Crippen molar-refractivity contribution in [1.29, 1.82) is 0 Å². The monoisotopic (exact) mass is 555 g/mol. The maximum Gasteiger partial charge on any atom is 0.408 e. The van der Waals surface area contributed by atoms with E-state index in [1.807, 2.05) is 45.9 Å². The minimum Gasteiger partial charge on any atom is -0.508 e. The summed E-state index contributed by atoms with van der Waals surface area (Å²) < 4.78 is 5.43. The summed E-state index contributed by atoms with van der Waals surface area (Å²) in [5.74, 6) is -0.837. The SMILES string of the molecule is CCCC(C)NC(=O)C(c1cc(C)ccc1C)N(CCO)C(=O)C(Cc1ccc(O)cc1)NC(=O)OC(C)(C)C. The lowest BCUT2D eigenvalue weighted by Gasteiger charge is -2.35. The Kier molecular flexibility index (Phi) is 12.0. The molecule has 2 rings (SSSR count). The Morgan fingerprint density at radius 1 is 1.02 bits per heavy atom. The third kappa shape index (κ3) is 9.86. The Bertz CT molecular complexity index is 1140. The highest BCUT2D eigenvalue weighted by Crippen LogP contribution is 2.27. The van der Waals surface area contributed by atoms with E-state index in [1.54, 1.807) is 32.9 Å². The van der Waals surface area contributed by atoms with E-state index in [4.69, 9.17) is 4.74 Å². The first-order valence-corrected chi connectivity index (χ1v) is 13.8. The number of aromatic hydroxyl groups is 1. The Morgan fingerprint density at radius 2 is 1.68 bits per heavy atom. The van der Waals surface area contributed by atoms with Gasteiger partial charge in [0.2, 0.25) is 11.8 Å². The van der Waals surface area contributed by atoms with Crippen molar-refractivity contribution in [1.82, 2.24) is 15.5 Å². The second kappa shape index (κ2) is 14.7. The fourth-order valence-corrected chi connectivity index (χ4v) is 4.52. The Morgan fingerprint density at radius 3 is 2.25 bits per heavy atom. The molecule has 0 bridgehead atoms. The fraction of sp³-hybridized carbons (Fsp3) is 0.516. The average molecular weight is 556 g/mol. The molecule has 9 heteroatoms. The number of carbonyl (C=O) groups is 3. The van der Waals surface area contributed by atoms with Gasteiger partial charge in [-0.3, -0.25) is 9.59 Å². The van der Waals surface area contributed by atoms with Gasteiger partial charge in [0.1, 0.15) is 23.4 Å². The van der Waals surface area contributed by atoms with Crippen molar-refractivity contribution >= 4 is 17.9 Å². The predicted octanol–water partition coefficient (Wildman–Crippen LogP) is 4.31. The predicted molar refractivity (Wildman–Crippen MR) is 155 cm³/mol. The van der Waals surface area contributed by atoms with Crippen LogP contribution in [0.5, 0.6) is 5.75 Å². The van der Waals surface area contributed by atoms with Crippen LogP contribution in [0.4, 0.5) is 4.79 Å². The zero-order chi connectivity index (χ0) is 30.0. The third-order valence-electron chi connectivity index (χ3n) is 6.39. The first-order chi connectivity index (χ1) is 18.7. The van der Waals surface area contributed by atoms with Crippen LogP contribution < -0.4 is 10.6 Å². The summed E-state index contributed by atoms with van der Waals surface area (Å²) in [5, 5.41) is 25.4. The summed E-state index contributed by atoms with van der Waals surface area (Å²) in [6, 6.07) is 9.74. The number of nitrogens with zero attached hydrogens (tertiary/aromatic N) is 1. The number of alkyl carbamates (subject to hydrolysis) is 1. The van der Waals surface area contributed by atoms with E-state index in [-0.39, 0.29) is 37.3 Å². The molecule has 0 saturated heterocycles. The van der Waals surface area contributed by atoms with E-state index in [9.17, 15) is 24.6 Å². The minimum absolute atomic E-state index is 0.0708. The molecule has 3 unspecified atom stereocenters. The van der Waals surface area contributed by atoms with Crippen molar-refractivity contribution < 1.29 is 29.3 Å². The van der Waals surface area contributed by atoms with E-state index >= 15 is 0 Å². The van der Waals surface area contributed by atoms with Crippen LogP contribution in [0.1, 0.15) is 75.8 Å². The molecule has 9 nitrogen and oxygen atoms in total. The van der Waals surface area contributed by atoms with Crippen molar-refractivity contribution in [3.8, 4) is 5.75 Å². The van der Waals surface area contributed by atoms with Crippen LogP contribution in [0.25, 0.3) is 0 Å². The van der Waals surface area contributed by atoms with E-state index < -0.39 is 29.7 Å². The van der Waals surface area contributed by atoms with Gasteiger partial charge < -0.3 is 30.5 Å². The molecule has 40 heavy (non-hydrogen) atoms. The highest BCUT2D eigenvalue weighted by molar-refractivity contribution is 5.92. The largest absolute Gasteiger partial charge is 0.508 e. The first-order valence-electron chi connectivity index (χ1n) is 13.8. The summed E-state index contributed by atoms with van der Waals surface area (Å²) in [6.45, 7) is 12.4. The van der Waals surface area contributed by atoms with Crippen LogP contribution in [0.2, 0.25) is 0 Å². The van der Waals surface area contributed by atoms with Gasteiger partial charge in [-0.25, -0.2) is 4.79 Å². The normalized spacial score (nSPS) is 13.6. The number of aliphatic hydroxyl groups is 1. The lowest BCUT2D eigenvalue weighted by atomic mass is 9.95. The Labute approximate surface area is 237 Å². The summed E-state index contributed by atoms with van der Waals surface area (Å²) in [4.78, 5) is 42.2. The van der Waals surface area contributed by atoms with E-state index in [0.29, 0.717) is 11.1 Å². The van der Waals surface area contributed by atoms with Gasteiger partial charge in [0.25, 0.3) is 0 Å². The standard InChI is InChI=1S/C31H45N3O6/c1-8-9-22(4)32-28(37)27(25-18-20(2)10-11-21(25)3)34(16-17-35)29(38)26(33-30(39)40-31(5,6)7)19-23-12-14-24(36)15-13-23/h10-15,18,22,26-27,35-36H,8-9,16-17,19H2,1-7H3,(H,32,37)(H,33,39). The second-order valence-electron chi connectivity index (χ2n) is 11.3. The van der Waals surface area contributed by atoms with Crippen molar-refractivity contribution in [2.75, 3.05) is 13.2 Å². The molecular weight excluding hydrogens is 510 g/mol. The van der Waals surface area contributed by atoms with Crippen LogP contribution in [-0.4, -0.2) is 63.9 Å². The number of aliphatic hydroxyl groups excluding tert-OH is 1. The van der Waals surface area contributed by atoms with E-state index in [1.165, 1.54) is 17.0 Å². The number of amides is 3. The molecule has 0 heterocycles. The van der Waals surface area contributed by atoms with Gasteiger partial charge >= 0.3 is 6.09 Å². The van der Waals surface area contributed by atoms with E-state index in [0.717, 1.165) is 24.0 Å². The summed E-state index contributed by atoms with van der Waals surface area (Å²) >= 11 is 0. The number of nitrogens with one attached hydrogen (secondary N) is 2. The van der Waals surface area contributed by atoms with Gasteiger partial charge in [-0.2, -0.15) is 0 Å². The number of phenolic OH excluding ortho intramolecular Hbond substituents is 1. The number of aryl methyl sites for hydroxylation is 2. The van der Waals surface area contributed by atoms with Gasteiger partial charge in [0.15, 0.2) is 0 Å². The Hall–Kier alpha value is -3.59. The lowest BCUT2D eigenvalue weighted by Crippen LogP contribution is -2.55. The molecular formula is C31H45N3O6. The van der Waals surface area contributed by atoms with Crippen molar-refractivity contribution in [2.45, 2.75) is 91.5 Å². The molecule has 3 amide bonds. The van der Waals surface area contributed by atoms with Gasteiger partial charge in [-0.15, -0.1) is 0 Å². The van der Waals surface area contributed by atoms with Gasteiger partial charge in [0.05, 0.1) is 6.61 Å². The maximum absolute atomic E-state index is 14.2. The quantitative estimate of drug-likeness (QED) is 0.309. The number of rotatable bonds is 12. The van der Waals surface area contributed by atoms with Crippen LogP contribution in [0.15, 0.2) is 42.5 Å². The number of hydrogen-bond donors (Lipinski definition) is 4. The zero-order valence-electron chi connectivity index (χ0n) is 24.8. The summed E-state index contributed by atoms with van der Waals surface area (Å²) in [7, 11) is 0. The molecule has 2 aromatic rings. The summed E-state index contributed by atoms with van der Waals surface area (Å²) in [5.41, 5.74) is 2.27. The molecule has 0 aromatic heterocycles. The average Bonchev–Trinajstić information content (AvgIpc) is 2.85.